The van der Waals surface area contributed by atoms with Crippen molar-refractivity contribution in [1.82, 2.24) is 19.9 Å². The van der Waals surface area contributed by atoms with E-state index in [0.717, 1.165) is 74.2 Å². The Hall–Kier alpha value is -4.29. The molecule has 5 aromatic heterocycles. The van der Waals surface area contributed by atoms with Gasteiger partial charge < -0.3 is 14.4 Å². The van der Waals surface area contributed by atoms with Crippen LogP contribution in [0.1, 0.15) is 49.9 Å². The summed E-state index contributed by atoms with van der Waals surface area (Å²) in [6, 6.07) is 31.3. The standard InChI is InChI=1S/C27H24N3O.C18H24NSi.Ir/c1-16(2)13-19-10-12-28-23(15-19)21-9-5-8-20-22-14-18(4)25(30-27(22)31-26(20)21)24-17(3)7-6-11-29-24;1-14(2)11-16-12-17(15-9-7-6-8-10-15)19-13-18(16)20(3,4)5;/h5-8,10-12,14-16H,13H2,1-4H3;6-9,12-14H,11H2,1-5H3;/q2*-1;. The van der Waals surface area contributed by atoms with Gasteiger partial charge in [-0.05, 0) is 84.4 Å². The first-order valence-electron chi connectivity index (χ1n) is 18.0. The number of hydrogen-bond acceptors (Lipinski definition) is 5. The summed E-state index contributed by atoms with van der Waals surface area (Å²) >= 11 is 0. The average molecular weight is 881 g/mol. The molecule has 0 saturated heterocycles. The third-order valence-electron chi connectivity index (χ3n) is 8.99. The van der Waals surface area contributed by atoms with Crippen LogP contribution in [-0.2, 0) is 32.9 Å². The second-order valence-electron chi connectivity index (χ2n) is 15.4. The van der Waals surface area contributed by atoms with E-state index in [9.17, 15) is 0 Å². The minimum absolute atomic E-state index is 0. The van der Waals surface area contributed by atoms with Crippen molar-refractivity contribution in [2.24, 2.45) is 11.8 Å². The minimum Gasteiger partial charge on any atom is -0.486 e. The number of benzene rings is 2. The summed E-state index contributed by atoms with van der Waals surface area (Å²) in [7, 11) is -1.34. The van der Waals surface area contributed by atoms with Gasteiger partial charge in [-0.3, -0.25) is 4.98 Å². The van der Waals surface area contributed by atoms with E-state index in [2.05, 4.69) is 131 Å². The van der Waals surface area contributed by atoms with Crippen molar-refractivity contribution in [3.8, 4) is 33.9 Å². The zero-order valence-corrected chi connectivity index (χ0v) is 35.2. The number of furan rings is 1. The van der Waals surface area contributed by atoms with E-state index in [0.29, 0.717) is 17.5 Å². The molecule has 7 aromatic rings. The van der Waals surface area contributed by atoms with E-state index in [1.807, 2.05) is 42.6 Å². The van der Waals surface area contributed by atoms with Gasteiger partial charge in [0.1, 0.15) is 0 Å². The Morgan fingerprint density at radius 1 is 0.712 bits per heavy atom. The second kappa shape index (κ2) is 16.6. The number of nitrogens with zero attached hydrogens (tertiary/aromatic N) is 4. The maximum absolute atomic E-state index is 6.31. The molecule has 0 unspecified atom stereocenters. The third kappa shape index (κ3) is 8.83. The van der Waals surface area contributed by atoms with Gasteiger partial charge in [0, 0.05) is 44.1 Å². The fourth-order valence-corrected chi connectivity index (χ4v) is 8.21. The van der Waals surface area contributed by atoms with Crippen LogP contribution < -0.4 is 5.19 Å². The normalized spacial score (nSPS) is 11.5. The topological polar surface area (TPSA) is 64.7 Å². The second-order valence-corrected chi connectivity index (χ2v) is 20.4. The zero-order chi connectivity index (χ0) is 36.3. The molecule has 2 aromatic carbocycles. The van der Waals surface area contributed by atoms with E-state index in [4.69, 9.17) is 9.40 Å². The SMILES string of the molecule is CC(C)Cc1cc(-c2[c-]cccc2)ncc1[Si](C)(C)C.Cc1cccnc1-c1nc2oc3c(-c4cc(CC(C)C)ccn4)[c-]ccc3c2cc1C.[Ir]. The minimum atomic E-state index is -1.34. The number of aryl methyl sites for hydroxylation is 2. The summed E-state index contributed by atoms with van der Waals surface area (Å²) in [5.41, 5.74) is 11.9. The Morgan fingerprint density at radius 2 is 1.50 bits per heavy atom. The molecular weight excluding hydrogens is 833 g/mol. The number of rotatable bonds is 8. The van der Waals surface area contributed by atoms with Crippen molar-refractivity contribution < 1.29 is 24.5 Å². The fraction of sp³-hybridized carbons (Fsp3) is 0.289. The Morgan fingerprint density at radius 3 is 2.19 bits per heavy atom. The predicted molar refractivity (Wildman–Crippen MR) is 215 cm³/mol. The van der Waals surface area contributed by atoms with Gasteiger partial charge in [-0.25, -0.2) is 4.98 Å². The maximum Gasteiger partial charge on any atom is 0.216 e. The number of pyridine rings is 4. The molecular formula is C45H48IrN4OSi-2. The number of aromatic nitrogens is 4. The van der Waals surface area contributed by atoms with E-state index in [1.165, 1.54) is 16.3 Å². The molecule has 0 saturated carbocycles. The monoisotopic (exact) mass is 881 g/mol. The van der Waals surface area contributed by atoms with Crippen LogP contribution in [0.3, 0.4) is 0 Å². The molecule has 7 rings (SSSR count). The first kappa shape index (κ1) is 38.9. The fourth-order valence-electron chi connectivity index (χ4n) is 6.62. The Bertz CT molecular complexity index is 2290. The van der Waals surface area contributed by atoms with Gasteiger partial charge in [-0.1, -0.05) is 87.6 Å². The van der Waals surface area contributed by atoms with Gasteiger partial charge in [-0.15, -0.1) is 54.1 Å². The first-order chi connectivity index (χ1) is 24.4. The van der Waals surface area contributed by atoms with Crippen molar-refractivity contribution in [3.63, 3.8) is 0 Å². The summed E-state index contributed by atoms with van der Waals surface area (Å²) in [5.74, 6) is 1.25. The van der Waals surface area contributed by atoms with Crippen LogP contribution in [0.4, 0.5) is 0 Å². The van der Waals surface area contributed by atoms with Crippen molar-refractivity contribution in [2.75, 3.05) is 0 Å². The van der Waals surface area contributed by atoms with Crippen LogP contribution in [0.15, 0.2) is 95.8 Å². The van der Waals surface area contributed by atoms with Gasteiger partial charge in [0.2, 0.25) is 5.71 Å². The van der Waals surface area contributed by atoms with Gasteiger partial charge in [-0.2, -0.15) is 0 Å². The molecule has 0 fully saturated rings. The quantitative estimate of drug-likeness (QED) is 0.112. The van der Waals surface area contributed by atoms with Crippen LogP contribution in [0.25, 0.3) is 56.0 Å². The van der Waals surface area contributed by atoms with Crippen molar-refractivity contribution in [1.29, 1.82) is 0 Å². The van der Waals surface area contributed by atoms with Gasteiger partial charge in [0.15, 0.2) is 0 Å². The summed E-state index contributed by atoms with van der Waals surface area (Å²) in [4.78, 5) is 18.7. The van der Waals surface area contributed by atoms with Crippen molar-refractivity contribution in [3.05, 3.63) is 126 Å². The van der Waals surface area contributed by atoms with Crippen molar-refractivity contribution in [2.45, 2.75) is 74.0 Å². The molecule has 0 bridgehead atoms. The smallest absolute Gasteiger partial charge is 0.216 e. The first-order valence-corrected chi connectivity index (χ1v) is 21.5. The third-order valence-corrected chi connectivity index (χ3v) is 11.1. The van der Waals surface area contributed by atoms with Gasteiger partial charge in [0.05, 0.1) is 25.0 Å². The molecule has 0 aliphatic heterocycles. The summed E-state index contributed by atoms with van der Waals surface area (Å²) in [6.07, 6.45) is 7.92. The molecule has 7 heteroatoms. The zero-order valence-electron chi connectivity index (χ0n) is 31.8. The van der Waals surface area contributed by atoms with E-state index < -0.39 is 8.07 Å². The van der Waals surface area contributed by atoms with Gasteiger partial charge in [0.25, 0.3) is 0 Å². The molecule has 0 spiro atoms. The van der Waals surface area contributed by atoms with Crippen LogP contribution in [0.5, 0.6) is 0 Å². The summed E-state index contributed by atoms with van der Waals surface area (Å²) in [6.45, 7) is 20.3. The van der Waals surface area contributed by atoms with Crippen LogP contribution >= 0.6 is 0 Å². The molecule has 0 amide bonds. The maximum atomic E-state index is 6.31. The molecule has 5 heterocycles. The Labute approximate surface area is 323 Å². The summed E-state index contributed by atoms with van der Waals surface area (Å²) in [5, 5.41) is 3.52. The summed E-state index contributed by atoms with van der Waals surface area (Å²) < 4.78 is 6.31. The predicted octanol–water partition coefficient (Wildman–Crippen LogP) is 11.0. The molecule has 5 nitrogen and oxygen atoms in total. The molecule has 0 aliphatic rings. The molecule has 0 atom stereocenters. The molecule has 0 N–H and O–H groups in total. The molecule has 52 heavy (non-hydrogen) atoms. The van der Waals surface area contributed by atoms with E-state index in [-0.39, 0.29) is 20.1 Å². The van der Waals surface area contributed by atoms with E-state index in [1.54, 1.807) is 6.20 Å². The number of fused-ring (bicyclic) bond motifs is 3. The molecule has 0 aliphatic carbocycles. The molecule has 1 radical (unpaired) electrons. The average Bonchev–Trinajstić information content (AvgIpc) is 3.45. The Balaban J connectivity index is 0.000000217. The Kier molecular flexibility index (Phi) is 12.4. The molecule has 269 valence electrons. The number of hydrogen-bond donors (Lipinski definition) is 0. The van der Waals surface area contributed by atoms with Crippen LogP contribution in [0, 0.1) is 37.8 Å². The van der Waals surface area contributed by atoms with Crippen molar-refractivity contribution >= 4 is 35.3 Å². The van der Waals surface area contributed by atoms with Crippen LogP contribution in [-0.4, -0.2) is 28.0 Å². The van der Waals surface area contributed by atoms with Gasteiger partial charge >= 0.3 is 0 Å². The largest absolute Gasteiger partial charge is 0.486 e. The van der Waals surface area contributed by atoms with Crippen LogP contribution in [0.2, 0.25) is 19.6 Å². The van der Waals surface area contributed by atoms with E-state index >= 15 is 0 Å².